The molecule has 1 aliphatic heterocycles. The van der Waals surface area contributed by atoms with Crippen LogP contribution in [0.1, 0.15) is 52.8 Å². The number of carbonyl (C=O) groups is 2. The van der Waals surface area contributed by atoms with Gasteiger partial charge < -0.3 is 18.6 Å². The zero-order valence-electron chi connectivity index (χ0n) is 14.5. The van der Waals surface area contributed by atoms with E-state index in [0.29, 0.717) is 68.3 Å². The van der Waals surface area contributed by atoms with Gasteiger partial charge in [-0.1, -0.05) is 13.8 Å². The standard InChI is InChI=1S/C17H22N4O4/c1-3-12-14(24-10-18-12)16(22)20-6-5-7-21(9-8-20)17(23)15-13(4-2)19-11-25-15/h10-11H,3-9H2,1-2H3. The van der Waals surface area contributed by atoms with Crippen molar-refractivity contribution in [2.24, 2.45) is 0 Å². The van der Waals surface area contributed by atoms with Crippen LogP contribution in [-0.2, 0) is 12.8 Å². The molecule has 2 aromatic heterocycles. The zero-order valence-corrected chi connectivity index (χ0v) is 14.5. The van der Waals surface area contributed by atoms with Crippen LogP contribution in [0.2, 0.25) is 0 Å². The third-order valence-corrected chi connectivity index (χ3v) is 4.41. The molecule has 0 aromatic carbocycles. The summed E-state index contributed by atoms with van der Waals surface area (Å²) in [5.41, 5.74) is 1.33. The Morgan fingerprint density at radius 3 is 1.72 bits per heavy atom. The minimum Gasteiger partial charge on any atom is -0.438 e. The topological polar surface area (TPSA) is 92.7 Å². The summed E-state index contributed by atoms with van der Waals surface area (Å²) in [7, 11) is 0. The maximum Gasteiger partial charge on any atom is 0.291 e. The highest BCUT2D eigenvalue weighted by atomic mass is 16.4. The number of aryl methyl sites for hydroxylation is 2. The van der Waals surface area contributed by atoms with Gasteiger partial charge in [-0.15, -0.1) is 0 Å². The summed E-state index contributed by atoms with van der Waals surface area (Å²) in [5, 5.41) is 0. The van der Waals surface area contributed by atoms with Crippen molar-refractivity contribution in [2.75, 3.05) is 26.2 Å². The zero-order chi connectivity index (χ0) is 17.8. The monoisotopic (exact) mass is 346 g/mol. The second kappa shape index (κ2) is 7.50. The molecule has 2 amide bonds. The van der Waals surface area contributed by atoms with Crippen molar-refractivity contribution >= 4 is 11.8 Å². The molecule has 3 heterocycles. The van der Waals surface area contributed by atoms with Crippen LogP contribution in [0.25, 0.3) is 0 Å². The molecule has 134 valence electrons. The molecule has 8 nitrogen and oxygen atoms in total. The Hall–Kier alpha value is -2.64. The highest BCUT2D eigenvalue weighted by molar-refractivity contribution is 5.93. The Balaban J connectivity index is 1.68. The highest BCUT2D eigenvalue weighted by Crippen LogP contribution is 2.16. The number of rotatable bonds is 4. The fourth-order valence-electron chi connectivity index (χ4n) is 3.00. The van der Waals surface area contributed by atoms with E-state index in [4.69, 9.17) is 8.83 Å². The van der Waals surface area contributed by atoms with Crippen molar-refractivity contribution in [1.29, 1.82) is 0 Å². The maximum absolute atomic E-state index is 12.7. The molecular formula is C17H22N4O4. The van der Waals surface area contributed by atoms with E-state index >= 15 is 0 Å². The molecule has 0 aliphatic carbocycles. The molecule has 1 aliphatic rings. The lowest BCUT2D eigenvalue weighted by Crippen LogP contribution is -2.37. The summed E-state index contributed by atoms with van der Waals surface area (Å²) in [6, 6.07) is 0. The van der Waals surface area contributed by atoms with Crippen LogP contribution in [0.3, 0.4) is 0 Å². The first-order valence-electron chi connectivity index (χ1n) is 8.58. The lowest BCUT2D eigenvalue weighted by Gasteiger charge is -2.21. The van der Waals surface area contributed by atoms with Crippen LogP contribution in [0, 0.1) is 0 Å². The number of oxazole rings is 2. The Bertz CT molecular complexity index is 689. The molecule has 25 heavy (non-hydrogen) atoms. The third-order valence-electron chi connectivity index (χ3n) is 4.41. The van der Waals surface area contributed by atoms with Gasteiger partial charge in [0.15, 0.2) is 12.8 Å². The minimum atomic E-state index is -0.169. The average Bonchev–Trinajstić information content (AvgIpc) is 3.23. The van der Waals surface area contributed by atoms with Crippen molar-refractivity contribution in [3.63, 3.8) is 0 Å². The number of hydrogen-bond donors (Lipinski definition) is 0. The molecule has 0 atom stereocenters. The van der Waals surface area contributed by atoms with E-state index in [-0.39, 0.29) is 11.8 Å². The number of aromatic nitrogens is 2. The van der Waals surface area contributed by atoms with Crippen LogP contribution in [0.5, 0.6) is 0 Å². The van der Waals surface area contributed by atoms with E-state index in [1.807, 2.05) is 13.8 Å². The molecule has 1 fully saturated rings. The van der Waals surface area contributed by atoms with Gasteiger partial charge in [-0.2, -0.15) is 0 Å². The first-order valence-corrected chi connectivity index (χ1v) is 8.58. The van der Waals surface area contributed by atoms with Gasteiger partial charge in [-0.3, -0.25) is 9.59 Å². The second-order valence-corrected chi connectivity index (χ2v) is 5.90. The van der Waals surface area contributed by atoms with Gasteiger partial charge in [0, 0.05) is 26.2 Å². The molecule has 0 unspecified atom stereocenters. The summed E-state index contributed by atoms with van der Waals surface area (Å²) in [6.45, 7) is 5.90. The smallest absolute Gasteiger partial charge is 0.291 e. The molecule has 0 spiro atoms. The molecule has 0 bridgehead atoms. The number of carbonyl (C=O) groups excluding carboxylic acids is 2. The summed E-state index contributed by atoms with van der Waals surface area (Å²) in [5.74, 6) is 0.256. The Kier molecular flexibility index (Phi) is 5.16. The quantitative estimate of drug-likeness (QED) is 0.838. The van der Waals surface area contributed by atoms with Crippen LogP contribution < -0.4 is 0 Å². The lowest BCUT2D eigenvalue weighted by atomic mass is 10.2. The first kappa shape index (κ1) is 17.2. The molecule has 2 aromatic rings. The van der Waals surface area contributed by atoms with Crippen LogP contribution in [0.15, 0.2) is 21.6 Å². The van der Waals surface area contributed by atoms with Gasteiger partial charge in [0.05, 0.1) is 11.4 Å². The van der Waals surface area contributed by atoms with Gasteiger partial charge in [-0.05, 0) is 19.3 Å². The molecular weight excluding hydrogens is 324 g/mol. The Morgan fingerprint density at radius 1 is 0.880 bits per heavy atom. The highest BCUT2D eigenvalue weighted by Gasteiger charge is 2.28. The lowest BCUT2D eigenvalue weighted by molar-refractivity contribution is 0.0685. The fourth-order valence-corrected chi connectivity index (χ4v) is 3.00. The molecule has 8 heteroatoms. The van der Waals surface area contributed by atoms with E-state index in [1.54, 1.807) is 9.80 Å². The van der Waals surface area contributed by atoms with Crippen molar-refractivity contribution in [1.82, 2.24) is 19.8 Å². The molecule has 3 rings (SSSR count). The first-order chi connectivity index (χ1) is 12.2. The van der Waals surface area contributed by atoms with Crippen LogP contribution in [0.4, 0.5) is 0 Å². The SMILES string of the molecule is CCc1ncoc1C(=O)N1CCCN(C(=O)c2ocnc2CC)CC1. The van der Waals surface area contributed by atoms with Gasteiger partial charge in [0.25, 0.3) is 11.8 Å². The van der Waals surface area contributed by atoms with E-state index in [0.717, 1.165) is 0 Å². The van der Waals surface area contributed by atoms with Gasteiger partial charge in [0.2, 0.25) is 11.5 Å². The minimum absolute atomic E-state index is 0.169. The van der Waals surface area contributed by atoms with Crippen molar-refractivity contribution in [3.8, 4) is 0 Å². The molecule has 0 saturated carbocycles. The molecule has 1 saturated heterocycles. The largest absolute Gasteiger partial charge is 0.438 e. The van der Waals surface area contributed by atoms with E-state index in [1.165, 1.54) is 12.8 Å². The van der Waals surface area contributed by atoms with Crippen molar-refractivity contribution < 1.29 is 18.4 Å². The maximum atomic E-state index is 12.7. The van der Waals surface area contributed by atoms with Crippen molar-refractivity contribution in [2.45, 2.75) is 33.1 Å². The van der Waals surface area contributed by atoms with E-state index in [9.17, 15) is 9.59 Å². The van der Waals surface area contributed by atoms with E-state index in [2.05, 4.69) is 9.97 Å². The second-order valence-electron chi connectivity index (χ2n) is 5.90. The third kappa shape index (κ3) is 3.42. The summed E-state index contributed by atoms with van der Waals surface area (Å²) in [6.07, 6.45) is 4.58. The van der Waals surface area contributed by atoms with Crippen LogP contribution in [-0.4, -0.2) is 57.8 Å². The summed E-state index contributed by atoms with van der Waals surface area (Å²) >= 11 is 0. The van der Waals surface area contributed by atoms with Gasteiger partial charge in [0.1, 0.15) is 0 Å². The van der Waals surface area contributed by atoms with Gasteiger partial charge in [-0.25, -0.2) is 9.97 Å². The Labute approximate surface area is 145 Å². The normalized spacial score (nSPS) is 15.3. The predicted octanol–water partition coefficient (Wildman–Crippen LogP) is 1.78. The number of hydrogen-bond acceptors (Lipinski definition) is 6. The predicted molar refractivity (Wildman–Crippen MR) is 88.2 cm³/mol. The number of nitrogens with zero attached hydrogens (tertiary/aromatic N) is 4. The van der Waals surface area contributed by atoms with E-state index < -0.39 is 0 Å². The Morgan fingerprint density at radius 2 is 1.32 bits per heavy atom. The number of amides is 2. The summed E-state index contributed by atoms with van der Waals surface area (Å²) < 4.78 is 10.5. The average molecular weight is 346 g/mol. The summed E-state index contributed by atoms with van der Waals surface area (Å²) in [4.78, 5) is 36.9. The van der Waals surface area contributed by atoms with Crippen molar-refractivity contribution in [3.05, 3.63) is 35.7 Å². The van der Waals surface area contributed by atoms with Crippen LogP contribution >= 0.6 is 0 Å². The fraction of sp³-hybridized carbons (Fsp3) is 0.529. The molecule has 0 radical (unpaired) electrons. The molecule has 0 N–H and O–H groups in total. The van der Waals surface area contributed by atoms with Gasteiger partial charge >= 0.3 is 0 Å².